The molecule has 2 aromatic heterocycles. The lowest BCUT2D eigenvalue weighted by Crippen LogP contribution is -1.99. The summed E-state index contributed by atoms with van der Waals surface area (Å²) in [5.41, 5.74) is 9.10. The second-order valence-corrected chi connectivity index (χ2v) is 6.36. The van der Waals surface area contributed by atoms with Gasteiger partial charge in [-0.05, 0) is 48.7 Å². The number of aromatic nitrogens is 3. The van der Waals surface area contributed by atoms with Crippen molar-refractivity contribution in [3.8, 4) is 0 Å². The molecule has 0 saturated heterocycles. The van der Waals surface area contributed by atoms with E-state index in [4.69, 9.17) is 0 Å². The Hall–Kier alpha value is -2.20. The van der Waals surface area contributed by atoms with Gasteiger partial charge in [0.2, 0.25) is 0 Å². The number of rotatable bonds is 2. The second kappa shape index (κ2) is 4.67. The fourth-order valence-electron chi connectivity index (χ4n) is 2.91. The number of fused-ring (bicyclic) bond motifs is 2. The highest BCUT2D eigenvalue weighted by molar-refractivity contribution is 7.16. The van der Waals surface area contributed by atoms with E-state index in [0.717, 1.165) is 17.6 Å². The van der Waals surface area contributed by atoms with Gasteiger partial charge >= 0.3 is 0 Å². The molecule has 0 saturated carbocycles. The maximum absolute atomic E-state index is 4.54. The van der Waals surface area contributed by atoms with Crippen LogP contribution in [0, 0.1) is 13.8 Å². The lowest BCUT2D eigenvalue weighted by atomic mass is 10.1. The Morgan fingerprint density at radius 1 is 1.05 bits per heavy atom. The lowest BCUT2D eigenvalue weighted by Gasteiger charge is -2.07. The van der Waals surface area contributed by atoms with Gasteiger partial charge in [0.15, 0.2) is 0 Å². The van der Waals surface area contributed by atoms with E-state index in [1.165, 1.54) is 26.9 Å². The van der Waals surface area contributed by atoms with Gasteiger partial charge in [-0.2, -0.15) is 0 Å². The first-order valence-electron chi connectivity index (χ1n) is 6.95. The van der Waals surface area contributed by atoms with Crippen molar-refractivity contribution in [1.29, 1.82) is 0 Å². The van der Waals surface area contributed by atoms with E-state index in [9.17, 15) is 0 Å². The van der Waals surface area contributed by atoms with E-state index >= 15 is 0 Å². The summed E-state index contributed by atoms with van der Waals surface area (Å²) in [5, 5.41) is 0. The van der Waals surface area contributed by atoms with E-state index in [1.807, 2.05) is 11.8 Å². The van der Waals surface area contributed by atoms with Crippen LogP contribution < -0.4 is 0 Å². The standard InChI is InChI=1S/C17H15N3S/c1-11-5-12(2)17-15(6-11)18-9-20(17)8-13-3-4-14-16(7-13)21-10-19-14/h3-7,9-10H,8H2,1-2H3. The molecular formula is C17H15N3S. The Bertz CT molecular complexity index is 949. The van der Waals surface area contributed by atoms with Crippen LogP contribution in [0.25, 0.3) is 21.3 Å². The molecule has 0 aliphatic heterocycles. The molecular weight excluding hydrogens is 278 g/mol. The number of nitrogens with zero attached hydrogens (tertiary/aromatic N) is 3. The first-order valence-corrected chi connectivity index (χ1v) is 7.83. The van der Waals surface area contributed by atoms with Crippen LogP contribution in [-0.2, 0) is 6.54 Å². The SMILES string of the molecule is Cc1cc(C)c2c(c1)ncn2Cc1ccc2ncsc2c1. The average molecular weight is 293 g/mol. The summed E-state index contributed by atoms with van der Waals surface area (Å²) in [6.45, 7) is 5.11. The van der Waals surface area contributed by atoms with Crippen molar-refractivity contribution in [2.75, 3.05) is 0 Å². The van der Waals surface area contributed by atoms with Crippen molar-refractivity contribution in [3.63, 3.8) is 0 Å². The highest BCUT2D eigenvalue weighted by Crippen LogP contribution is 2.23. The molecule has 4 aromatic rings. The van der Waals surface area contributed by atoms with Crippen LogP contribution in [0.15, 0.2) is 42.2 Å². The van der Waals surface area contributed by atoms with E-state index in [2.05, 4.69) is 58.7 Å². The summed E-state index contributed by atoms with van der Waals surface area (Å²) in [5.74, 6) is 0. The minimum atomic E-state index is 0.842. The minimum Gasteiger partial charge on any atom is -0.326 e. The van der Waals surface area contributed by atoms with Crippen molar-refractivity contribution in [3.05, 3.63) is 58.9 Å². The van der Waals surface area contributed by atoms with Crippen molar-refractivity contribution in [2.45, 2.75) is 20.4 Å². The molecule has 0 spiro atoms. The Morgan fingerprint density at radius 3 is 2.86 bits per heavy atom. The van der Waals surface area contributed by atoms with Crippen molar-refractivity contribution in [1.82, 2.24) is 14.5 Å². The van der Waals surface area contributed by atoms with Crippen LogP contribution in [0.4, 0.5) is 0 Å². The topological polar surface area (TPSA) is 30.7 Å². The molecule has 0 bridgehead atoms. The molecule has 0 aliphatic carbocycles. The quantitative estimate of drug-likeness (QED) is 0.551. The van der Waals surface area contributed by atoms with Crippen molar-refractivity contribution >= 4 is 32.6 Å². The van der Waals surface area contributed by atoms with Gasteiger partial charge in [-0.15, -0.1) is 11.3 Å². The van der Waals surface area contributed by atoms with Gasteiger partial charge in [-0.3, -0.25) is 0 Å². The van der Waals surface area contributed by atoms with Gasteiger partial charge in [0, 0.05) is 6.54 Å². The summed E-state index contributed by atoms with van der Waals surface area (Å²) in [6.07, 6.45) is 1.94. The molecule has 0 amide bonds. The van der Waals surface area contributed by atoms with E-state index in [-0.39, 0.29) is 0 Å². The monoisotopic (exact) mass is 293 g/mol. The largest absolute Gasteiger partial charge is 0.326 e. The predicted molar refractivity (Wildman–Crippen MR) is 87.9 cm³/mol. The molecule has 4 heteroatoms. The van der Waals surface area contributed by atoms with Gasteiger partial charge in [0.1, 0.15) is 0 Å². The highest BCUT2D eigenvalue weighted by Gasteiger charge is 2.07. The number of hydrogen-bond acceptors (Lipinski definition) is 3. The first-order chi connectivity index (χ1) is 10.2. The van der Waals surface area contributed by atoms with Crippen molar-refractivity contribution < 1.29 is 0 Å². The molecule has 3 nitrogen and oxygen atoms in total. The Kier molecular flexibility index (Phi) is 2.79. The molecule has 4 rings (SSSR count). The van der Waals surface area contributed by atoms with Gasteiger partial charge in [0.05, 0.1) is 33.1 Å². The van der Waals surface area contributed by atoms with Crippen LogP contribution in [0.5, 0.6) is 0 Å². The third-order valence-corrected chi connectivity index (χ3v) is 4.59. The summed E-state index contributed by atoms with van der Waals surface area (Å²) >= 11 is 1.69. The van der Waals surface area contributed by atoms with Gasteiger partial charge < -0.3 is 4.57 Å². The third kappa shape index (κ3) is 2.12. The fourth-order valence-corrected chi connectivity index (χ4v) is 3.65. The first kappa shape index (κ1) is 12.5. The minimum absolute atomic E-state index is 0.842. The molecule has 0 unspecified atom stereocenters. The number of benzene rings is 2. The lowest BCUT2D eigenvalue weighted by molar-refractivity contribution is 0.823. The fraction of sp³-hybridized carbons (Fsp3) is 0.176. The van der Waals surface area contributed by atoms with Gasteiger partial charge in [0.25, 0.3) is 0 Å². The normalized spacial score (nSPS) is 11.5. The molecule has 0 radical (unpaired) electrons. The van der Waals surface area contributed by atoms with Crippen LogP contribution in [0.2, 0.25) is 0 Å². The second-order valence-electron chi connectivity index (χ2n) is 5.48. The van der Waals surface area contributed by atoms with Crippen LogP contribution in [0.3, 0.4) is 0 Å². The number of hydrogen-bond donors (Lipinski definition) is 0. The van der Waals surface area contributed by atoms with Crippen LogP contribution >= 0.6 is 11.3 Å². The van der Waals surface area contributed by atoms with E-state index < -0.39 is 0 Å². The van der Waals surface area contributed by atoms with Gasteiger partial charge in [-0.1, -0.05) is 12.1 Å². The van der Waals surface area contributed by atoms with Crippen LogP contribution in [-0.4, -0.2) is 14.5 Å². The van der Waals surface area contributed by atoms with E-state index in [0.29, 0.717) is 0 Å². The zero-order valence-corrected chi connectivity index (χ0v) is 12.8. The smallest absolute Gasteiger partial charge is 0.0961 e. The molecule has 104 valence electrons. The predicted octanol–water partition coefficient (Wildman–Crippen LogP) is 4.31. The Balaban J connectivity index is 1.80. The zero-order chi connectivity index (χ0) is 14.4. The molecule has 2 aromatic carbocycles. The Morgan fingerprint density at radius 2 is 1.95 bits per heavy atom. The van der Waals surface area contributed by atoms with Crippen LogP contribution in [0.1, 0.15) is 16.7 Å². The van der Waals surface area contributed by atoms with Gasteiger partial charge in [-0.25, -0.2) is 9.97 Å². The summed E-state index contributed by atoms with van der Waals surface area (Å²) < 4.78 is 3.47. The molecule has 0 N–H and O–H groups in total. The maximum Gasteiger partial charge on any atom is 0.0961 e. The maximum atomic E-state index is 4.54. The zero-order valence-electron chi connectivity index (χ0n) is 12.0. The highest BCUT2D eigenvalue weighted by atomic mass is 32.1. The molecule has 0 fully saturated rings. The molecule has 0 atom stereocenters. The molecule has 2 heterocycles. The summed E-state index contributed by atoms with van der Waals surface area (Å²) in [7, 11) is 0. The number of thiazole rings is 1. The average Bonchev–Trinajstić information content (AvgIpc) is 3.05. The summed E-state index contributed by atoms with van der Waals surface area (Å²) in [6, 6.07) is 10.8. The third-order valence-electron chi connectivity index (χ3n) is 3.80. The molecule has 0 aliphatic rings. The number of imidazole rings is 1. The Labute approximate surface area is 126 Å². The molecule has 21 heavy (non-hydrogen) atoms. The van der Waals surface area contributed by atoms with E-state index in [1.54, 1.807) is 11.3 Å². The number of aryl methyl sites for hydroxylation is 2. The van der Waals surface area contributed by atoms with Crippen molar-refractivity contribution in [2.24, 2.45) is 0 Å². The summed E-state index contributed by atoms with van der Waals surface area (Å²) in [4.78, 5) is 8.87.